The molecule has 0 unspecified atom stereocenters. The summed E-state index contributed by atoms with van der Waals surface area (Å²) in [6.45, 7) is 13.9. The maximum Gasteiger partial charge on any atom is 0.135 e. The Morgan fingerprint density at radius 3 is 1.36 bits per heavy atom. The van der Waals surface area contributed by atoms with Crippen molar-refractivity contribution in [3.63, 3.8) is 0 Å². The molecule has 0 N–H and O–H groups in total. The molecule has 0 radical (unpaired) electrons. The zero-order valence-electron chi connectivity index (χ0n) is 36.3. The van der Waals surface area contributed by atoms with Gasteiger partial charge in [0.2, 0.25) is 0 Å². The molecule has 66 heavy (non-hydrogen) atoms. The SMILES string of the molecule is C=CC(=C)OC(=C)C=C.c1ccc(-c2cccc(-c3ccc(-n4c5ccccc5c5cc(-c6ccc7oc8ccc(-n9c%10ccccc%10c%10ccccc%109)cc8c7c6)ccc54)cc3)c2)cc1. The normalized spacial score (nSPS) is 11.3. The van der Waals surface area contributed by atoms with Crippen molar-refractivity contribution in [2.45, 2.75) is 0 Å². The van der Waals surface area contributed by atoms with Crippen LogP contribution in [0.1, 0.15) is 0 Å². The Labute approximate surface area is 383 Å². The van der Waals surface area contributed by atoms with Crippen molar-refractivity contribution in [1.29, 1.82) is 0 Å². The quantitative estimate of drug-likeness (QED) is 0.107. The van der Waals surface area contributed by atoms with E-state index in [0.717, 1.165) is 38.9 Å². The van der Waals surface area contributed by atoms with E-state index in [1.807, 2.05) is 0 Å². The number of fused-ring (bicyclic) bond motifs is 9. The molecule has 0 saturated heterocycles. The second kappa shape index (κ2) is 16.7. The number of nitrogens with zero attached hydrogens (tertiary/aromatic N) is 2. The molecule has 0 bridgehead atoms. The van der Waals surface area contributed by atoms with Gasteiger partial charge in [-0.15, -0.1) is 0 Å². The average Bonchev–Trinajstić information content (AvgIpc) is 4.04. The van der Waals surface area contributed by atoms with Crippen molar-refractivity contribution in [3.8, 4) is 44.8 Å². The predicted molar refractivity (Wildman–Crippen MR) is 278 cm³/mol. The number of aromatic nitrogens is 2. The first kappa shape index (κ1) is 40.0. The van der Waals surface area contributed by atoms with Gasteiger partial charge in [-0.25, -0.2) is 0 Å². The van der Waals surface area contributed by atoms with Crippen LogP contribution in [-0.4, -0.2) is 9.13 Å². The van der Waals surface area contributed by atoms with Crippen molar-refractivity contribution < 1.29 is 9.15 Å². The zero-order chi connectivity index (χ0) is 44.7. The van der Waals surface area contributed by atoms with E-state index in [-0.39, 0.29) is 0 Å². The summed E-state index contributed by atoms with van der Waals surface area (Å²) in [5, 5.41) is 7.20. The fourth-order valence-electron chi connectivity index (χ4n) is 9.28. The number of hydrogen-bond acceptors (Lipinski definition) is 2. The maximum atomic E-state index is 6.42. The Hall–Kier alpha value is -8.86. The summed E-state index contributed by atoms with van der Waals surface area (Å²) in [6, 6.07) is 74.5. The number of ether oxygens (including phenoxy) is 1. The molecule has 3 heterocycles. The number of rotatable bonds is 9. The lowest BCUT2D eigenvalue weighted by Gasteiger charge is -2.11. The summed E-state index contributed by atoms with van der Waals surface area (Å²) in [5.41, 5.74) is 16.0. The van der Waals surface area contributed by atoms with Crippen LogP contribution in [0.2, 0.25) is 0 Å². The fourth-order valence-corrected chi connectivity index (χ4v) is 9.28. The molecule has 0 spiro atoms. The minimum atomic E-state index is 0.486. The summed E-state index contributed by atoms with van der Waals surface area (Å²) in [7, 11) is 0. The first-order chi connectivity index (χ1) is 32.4. The van der Waals surface area contributed by atoms with Crippen LogP contribution in [0, 0.1) is 0 Å². The highest BCUT2D eigenvalue weighted by atomic mass is 16.5. The molecular formula is C62H44N2O2. The minimum absolute atomic E-state index is 0.486. The summed E-state index contributed by atoms with van der Waals surface area (Å²) >= 11 is 0. The molecule has 0 fully saturated rings. The number of allylic oxidation sites excluding steroid dienone is 2. The molecule has 3 aromatic heterocycles. The summed E-state index contributed by atoms with van der Waals surface area (Å²) in [5.74, 6) is 0.972. The van der Waals surface area contributed by atoms with E-state index in [4.69, 9.17) is 9.15 Å². The smallest absolute Gasteiger partial charge is 0.135 e. The Morgan fingerprint density at radius 2 is 0.758 bits per heavy atom. The van der Waals surface area contributed by atoms with E-state index >= 15 is 0 Å². The Morgan fingerprint density at radius 1 is 0.348 bits per heavy atom. The molecule has 12 rings (SSSR count). The third kappa shape index (κ3) is 7.08. The molecule has 9 aromatic carbocycles. The highest BCUT2D eigenvalue weighted by Crippen LogP contribution is 2.39. The highest BCUT2D eigenvalue weighted by Gasteiger charge is 2.17. The van der Waals surface area contributed by atoms with Gasteiger partial charge in [0.15, 0.2) is 0 Å². The van der Waals surface area contributed by atoms with Gasteiger partial charge >= 0.3 is 0 Å². The van der Waals surface area contributed by atoms with Gasteiger partial charge in [0, 0.05) is 43.7 Å². The third-order valence-electron chi connectivity index (χ3n) is 12.4. The minimum Gasteiger partial charge on any atom is -0.459 e. The molecule has 4 heteroatoms. The Bertz CT molecular complexity index is 3790. The number of benzene rings is 9. The van der Waals surface area contributed by atoms with Gasteiger partial charge in [0.25, 0.3) is 0 Å². The van der Waals surface area contributed by atoms with Crippen LogP contribution in [0.15, 0.2) is 261 Å². The lowest BCUT2D eigenvalue weighted by molar-refractivity contribution is 0.340. The zero-order valence-corrected chi connectivity index (χ0v) is 36.3. The van der Waals surface area contributed by atoms with E-state index in [9.17, 15) is 0 Å². The lowest BCUT2D eigenvalue weighted by Crippen LogP contribution is -1.93. The predicted octanol–water partition coefficient (Wildman–Crippen LogP) is 17.2. The number of hydrogen-bond donors (Lipinski definition) is 0. The van der Waals surface area contributed by atoms with E-state index in [1.165, 1.54) is 83.6 Å². The molecule has 0 amide bonds. The number of furan rings is 1. The first-order valence-electron chi connectivity index (χ1n) is 22.0. The van der Waals surface area contributed by atoms with Crippen molar-refractivity contribution in [2.75, 3.05) is 0 Å². The highest BCUT2D eigenvalue weighted by molar-refractivity contribution is 6.13. The Kier molecular flexibility index (Phi) is 10.1. The monoisotopic (exact) mass is 848 g/mol. The third-order valence-corrected chi connectivity index (χ3v) is 12.4. The molecule has 0 aliphatic rings. The van der Waals surface area contributed by atoms with Crippen LogP contribution in [0.5, 0.6) is 0 Å². The van der Waals surface area contributed by atoms with E-state index in [2.05, 4.69) is 242 Å². The lowest BCUT2D eigenvalue weighted by atomic mass is 9.99. The van der Waals surface area contributed by atoms with Gasteiger partial charge in [-0.3, -0.25) is 0 Å². The van der Waals surface area contributed by atoms with Crippen molar-refractivity contribution in [2.24, 2.45) is 0 Å². The largest absolute Gasteiger partial charge is 0.459 e. The Balaban J connectivity index is 0.000000487. The van der Waals surface area contributed by atoms with Gasteiger partial charge in [-0.05, 0) is 124 Å². The van der Waals surface area contributed by atoms with Crippen molar-refractivity contribution >= 4 is 65.6 Å². The second-order valence-corrected chi connectivity index (χ2v) is 16.4. The molecule has 314 valence electrons. The first-order valence-corrected chi connectivity index (χ1v) is 22.0. The topological polar surface area (TPSA) is 32.2 Å². The van der Waals surface area contributed by atoms with Gasteiger partial charge in [0.1, 0.15) is 22.7 Å². The molecule has 0 aliphatic carbocycles. The van der Waals surface area contributed by atoms with Crippen LogP contribution >= 0.6 is 0 Å². The van der Waals surface area contributed by atoms with E-state index in [1.54, 1.807) is 0 Å². The average molecular weight is 849 g/mol. The second-order valence-electron chi connectivity index (χ2n) is 16.4. The summed E-state index contributed by atoms with van der Waals surface area (Å²) in [4.78, 5) is 0. The van der Waals surface area contributed by atoms with E-state index in [0.29, 0.717) is 11.5 Å². The van der Waals surface area contributed by atoms with Crippen LogP contribution in [0.25, 0.3) is 110 Å². The van der Waals surface area contributed by atoms with Gasteiger partial charge in [-0.2, -0.15) is 0 Å². The summed E-state index contributed by atoms with van der Waals surface area (Å²) in [6.07, 6.45) is 3.02. The van der Waals surface area contributed by atoms with Crippen LogP contribution in [0.4, 0.5) is 0 Å². The molecule has 0 aliphatic heterocycles. The molecule has 12 aromatic rings. The summed E-state index contributed by atoms with van der Waals surface area (Å²) < 4.78 is 16.1. The van der Waals surface area contributed by atoms with Crippen LogP contribution in [-0.2, 0) is 4.74 Å². The van der Waals surface area contributed by atoms with Gasteiger partial charge < -0.3 is 18.3 Å². The van der Waals surface area contributed by atoms with Gasteiger partial charge in [-0.1, -0.05) is 154 Å². The molecule has 0 saturated carbocycles. The maximum absolute atomic E-state index is 6.42. The van der Waals surface area contributed by atoms with E-state index < -0.39 is 0 Å². The van der Waals surface area contributed by atoms with Crippen LogP contribution < -0.4 is 0 Å². The molecule has 4 nitrogen and oxygen atoms in total. The van der Waals surface area contributed by atoms with Gasteiger partial charge in [0.05, 0.1) is 22.1 Å². The number of para-hydroxylation sites is 3. The molecule has 0 atom stereocenters. The molecular weight excluding hydrogens is 805 g/mol. The van der Waals surface area contributed by atoms with Crippen molar-refractivity contribution in [1.82, 2.24) is 9.13 Å². The van der Waals surface area contributed by atoms with Crippen molar-refractivity contribution in [3.05, 3.63) is 256 Å². The standard InChI is InChI=1S/C54H34N2O.C8H10O/c1-2-11-35(12-3-1)37-13-10-14-38(31-37)36-21-25-41(26-22-36)55-51-20-9-6-17-45(51)46-32-39(23-28-52(46)55)40-24-29-53-47(33-40)48-34-42(27-30-54(48)57-53)56-49-18-7-4-15-43(49)44-16-5-8-19-50(44)56;1-5-7(3)9-8(4)6-2/h1-34H;5-6H,1-4H2. The van der Waals surface area contributed by atoms with Crippen LogP contribution in [0.3, 0.4) is 0 Å². The fraction of sp³-hybridized carbons (Fsp3) is 0.